The fourth-order valence-corrected chi connectivity index (χ4v) is 2.02. The first kappa shape index (κ1) is 9.71. The molecule has 0 bridgehead atoms. The number of hydrogen-bond donors (Lipinski definition) is 0. The second-order valence-corrected chi connectivity index (χ2v) is 4.25. The fraction of sp³-hybridized carbons (Fsp3) is 0.364. The molecular formula is C11H13BrN2. The van der Waals surface area contributed by atoms with Crippen LogP contribution in [0.15, 0.2) is 29.0 Å². The molecule has 2 aromatic rings. The Morgan fingerprint density at radius 3 is 3.07 bits per heavy atom. The number of halogens is 1. The Bertz CT molecular complexity index is 434. The van der Waals surface area contributed by atoms with Gasteiger partial charge in [-0.2, -0.15) is 0 Å². The van der Waals surface area contributed by atoms with Crippen molar-refractivity contribution in [1.82, 2.24) is 9.55 Å². The number of fused-ring (bicyclic) bond motifs is 1. The van der Waals surface area contributed by atoms with E-state index in [1.54, 1.807) is 0 Å². The van der Waals surface area contributed by atoms with Gasteiger partial charge in [0.2, 0.25) is 0 Å². The SMILES string of the molecule is CCCCn1cnc2c(Br)cccc21. The molecule has 1 heterocycles. The molecule has 0 fully saturated rings. The summed E-state index contributed by atoms with van der Waals surface area (Å²) in [7, 11) is 0. The van der Waals surface area contributed by atoms with Gasteiger partial charge in [-0.1, -0.05) is 19.4 Å². The lowest BCUT2D eigenvalue weighted by atomic mass is 10.3. The van der Waals surface area contributed by atoms with E-state index in [-0.39, 0.29) is 0 Å². The molecule has 0 spiro atoms. The van der Waals surface area contributed by atoms with Gasteiger partial charge in [0.25, 0.3) is 0 Å². The maximum Gasteiger partial charge on any atom is 0.103 e. The summed E-state index contributed by atoms with van der Waals surface area (Å²) in [5, 5.41) is 0. The number of aryl methyl sites for hydroxylation is 1. The maximum absolute atomic E-state index is 4.39. The van der Waals surface area contributed by atoms with Crippen LogP contribution in [0.4, 0.5) is 0 Å². The molecule has 14 heavy (non-hydrogen) atoms. The van der Waals surface area contributed by atoms with Crippen LogP contribution in [0.3, 0.4) is 0 Å². The van der Waals surface area contributed by atoms with Crippen molar-refractivity contribution in [2.24, 2.45) is 0 Å². The molecule has 2 nitrogen and oxygen atoms in total. The first-order valence-electron chi connectivity index (χ1n) is 4.92. The predicted molar refractivity (Wildman–Crippen MR) is 62.3 cm³/mol. The quantitative estimate of drug-likeness (QED) is 0.817. The number of rotatable bonds is 3. The van der Waals surface area contributed by atoms with Crippen molar-refractivity contribution in [3.63, 3.8) is 0 Å². The lowest BCUT2D eigenvalue weighted by molar-refractivity contribution is 0.646. The molecule has 1 aromatic heterocycles. The predicted octanol–water partition coefficient (Wildman–Crippen LogP) is 3.60. The summed E-state index contributed by atoms with van der Waals surface area (Å²) in [6.07, 6.45) is 4.34. The van der Waals surface area contributed by atoms with Gasteiger partial charge >= 0.3 is 0 Å². The molecule has 3 heteroatoms. The molecule has 0 unspecified atom stereocenters. The fourth-order valence-electron chi connectivity index (χ4n) is 1.56. The van der Waals surface area contributed by atoms with Crippen molar-refractivity contribution in [3.8, 4) is 0 Å². The van der Waals surface area contributed by atoms with E-state index in [9.17, 15) is 0 Å². The lowest BCUT2D eigenvalue weighted by Crippen LogP contribution is -1.94. The summed E-state index contributed by atoms with van der Waals surface area (Å²) >= 11 is 3.50. The first-order valence-corrected chi connectivity index (χ1v) is 5.71. The molecule has 1 aromatic carbocycles. The van der Waals surface area contributed by atoms with Crippen molar-refractivity contribution >= 4 is 27.0 Å². The van der Waals surface area contributed by atoms with E-state index >= 15 is 0 Å². The molecule has 2 rings (SSSR count). The molecular weight excluding hydrogens is 240 g/mol. The van der Waals surface area contributed by atoms with Gasteiger partial charge in [0, 0.05) is 11.0 Å². The lowest BCUT2D eigenvalue weighted by Gasteiger charge is -2.02. The summed E-state index contributed by atoms with van der Waals surface area (Å²) < 4.78 is 3.29. The van der Waals surface area contributed by atoms with Gasteiger partial charge in [-0.15, -0.1) is 0 Å². The Balaban J connectivity index is 2.42. The van der Waals surface area contributed by atoms with Gasteiger partial charge in [-0.25, -0.2) is 4.98 Å². The number of para-hydroxylation sites is 1. The summed E-state index contributed by atoms with van der Waals surface area (Å²) in [5.74, 6) is 0. The minimum absolute atomic E-state index is 1.06. The van der Waals surface area contributed by atoms with E-state index in [0.29, 0.717) is 0 Å². The molecule has 0 aliphatic carbocycles. The topological polar surface area (TPSA) is 17.8 Å². The molecule has 0 saturated heterocycles. The molecule has 0 radical (unpaired) electrons. The molecule has 0 atom stereocenters. The largest absolute Gasteiger partial charge is 0.331 e. The minimum Gasteiger partial charge on any atom is -0.331 e. The van der Waals surface area contributed by atoms with Crippen molar-refractivity contribution in [1.29, 1.82) is 0 Å². The number of aromatic nitrogens is 2. The summed E-state index contributed by atoms with van der Waals surface area (Å²) in [6.45, 7) is 3.26. The van der Waals surface area contributed by atoms with Crippen LogP contribution in [0.25, 0.3) is 11.0 Å². The number of benzene rings is 1. The number of unbranched alkanes of at least 4 members (excludes halogenated alkanes) is 1. The second kappa shape index (κ2) is 4.13. The van der Waals surface area contributed by atoms with E-state index in [0.717, 1.165) is 16.5 Å². The van der Waals surface area contributed by atoms with Crippen molar-refractivity contribution in [2.75, 3.05) is 0 Å². The highest BCUT2D eigenvalue weighted by atomic mass is 79.9. The molecule has 0 aliphatic rings. The highest BCUT2D eigenvalue weighted by Gasteiger charge is 2.03. The Morgan fingerprint density at radius 1 is 1.43 bits per heavy atom. The number of imidazole rings is 1. The zero-order valence-electron chi connectivity index (χ0n) is 8.20. The molecule has 74 valence electrons. The van der Waals surface area contributed by atoms with Gasteiger partial charge in [0.15, 0.2) is 0 Å². The standard InChI is InChI=1S/C11H13BrN2/c1-2-3-7-14-8-13-11-9(12)5-4-6-10(11)14/h4-6,8H,2-3,7H2,1H3. The average Bonchev–Trinajstić information content (AvgIpc) is 2.60. The van der Waals surface area contributed by atoms with Crippen LogP contribution in [-0.4, -0.2) is 9.55 Å². The highest BCUT2D eigenvalue weighted by Crippen LogP contribution is 2.22. The second-order valence-electron chi connectivity index (χ2n) is 3.40. The van der Waals surface area contributed by atoms with Crippen LogP contribution in [-0.2, 0) is 6.54 Å². The molecule has 0 amide bonds. The average molecular weight is 253 g/mol. The Kier molecular flexibility index (Phi) is 2.87. The van der Waals surface area contributed by atoms with Crippen LogP contribution >= 0.6 is 15.9 Å². The van der Waals surface area contributed by atoms with Gasteiger partial charge in [0.1, 0.15) is 5.52 Å². The number of nitrogens with zero attached hydrogens (tertiary/aromatic N) is 2. The Hall–Kier alpha value is -0.830. The molecule has 0 saturated carbocycles. The summed E-state index contributed by atoms with van der Waals surface area (Å²) in [5.41, 5.74) is 2.27. The van der Waals surface area contributed by atoms with Crippen LogP contribution in [0.5, 0.6) is 0 Å². The number of hydrogen-bond acceptors (Lipinski definition) is 1. The Labute approximate surface area is 92.1 Å². The third kappa shape index (κ3) is 1.69. The zero-order valence-corrected chi connectivity index (χ0v) is 9.79. The smallest absolute Gasteiger partial charge is 0.103 e. The van der Waals surface area contributed by atoms with E-state index < -0.39 is 0 Å². The minimum atomic E-state index is 1.06. The van der Waals surface area contributed by atoms with E-state index in [1.165, 1.54) is 18.4 Å². The van der Waals surface area contributed by atoms with E-state index in [2.05, 4.69) is 44.5 Å². The Morgan fingerprint density at radius 2 is 2.29 bits per heavy atom. The van der Waals surface area contributed by atoms with Crippen molar-refractivity contribution in [2.45, 2.75) is 26.3 Å². The van der Waals surface area contributed by atoms with Crippen LogP contribution in [0.1, 0.15) is 19.8 Å². The first-order chi connectivity index (χ1) is 6.83. The monoisotopic (exact) mass is 252 g/mol. The van der Waals surface area contributed by atoms with Gasteiger partial charge in [-0.3, -0.25) is 0 Å². The zero-order chi connectivity index (χ0) is 9.97. The van der Waals surface area contributed by atoms with Crippen LogP contribution < -0.4 is 0 Å². The highest BCUT2D eigenvalue weighted by molar-refractivity contribution is 9.10. The van der Waals surface area contributed by atoms with E-state index in [1.807, 2.05) is 12.4 Å². The van der Waals surface area contributed by atoms with Crippen molar-refractivity contribution < 1.29 is 0 Å². The third-order valence-corrected chi connectivity index (χ3v) is 2.99. The summed E-state index contributed by atoms with van der Waals surface area (Å²) in [4.78, 5) is 4.39. The van der Waals surface area contributed by atoms with Crippen molar-refractivity contribution in [3.05, 3.63) is 29.0 Å². The molecule has 0 aliphatic heterocycles. The van der Waals surface area contributed by atoms with E-state index in [4.69, 9.17) is 0 Å². The third-order valence-electron chi connectivity index (χ3n) is 2.35. The summed E-state index contributed by atoms with van der Waals surface area (Å²) in [6, 6.07) is 6.19. The van der Waals surface area contributed by atoms with Crippen LogP contribution in [0.2, 0.25) is 0 Å². The normalized spacial score (nSPS) is 11.0. The van der Waals surface area contributed by atoms with Gasteiger partial charge in [0.05, 0.1) is 11.8 Å². The van der Waals surface area contributed by atoms with Gasteiger partial charge in [-0.05, 0) is 34.5 Å². The molecule has 0 N–H and O–H groups in total. The maximum atomic E-state index is 4.39. The van der Waals surface area contributed by atoms with Crippen LogP contribution in [0, 0.1) is 0 Å². The van der Waals surface area contributed by atoms with Gasteiger partial charge < -0.3 is 4.57 Å².